The number of carbonyl (C=O) groups is 2. The minimum absolute atomic E-state index is 0.0767. The Balaban J connectivity index is 2.18. The summed E-state index contributed by atoms with van der Waals surface area (Å²) in [6, 6.07) is -1.35. The minimum atomic E-state index is -0.861. The van der Waals surface area contributed by atoms with Crippen LogP contribution in [-0.2, 0) is 19.1 Å². The lowest BCUT2D eigenvalue weighted by atomic mass is 10.00. The first-order valence-electron chi connectivity index (χ1n) is 6.06. The van der Waals surface area contributed by atoms with E-state index in [-0.39, 0.29) is 23.8 Å². The van der Waals surface area contributed by atoms with Crippen molar-refractivity contribution in [3.8, 4) is 0 Å². The molecule has 0 spiro atoms. The van der Waals surface area contributed by atoms with Gasteiger partial charge in [0.1, 0.15) is 5.37 Å². The molecule has 8 heteroatoms. The molecule has 1 saturated heterocycles. The van der Waals surface area contributed by atoms with Crippen LogP contribution in [0.4, 0.5) is 0 Å². The molecule has 110 valence electrons. The van der Waals surface area contributed by atoms with Crippen molar-refractivity contribution in [3.05, 3.63) is 12.2 Å². The molecule has 0 saturated carbocycles. The second-order valence-corrected chi connectivity index (χ2v) is 5.58. The van der Waals surface area contributed by atoms with Crippen molar-refractivity contribution >= 4 is 40.5 Å². The number of carbonyl (C=O) groups excluding carboxylic acids is 2. The molecule has 6 nitrogen and oxygen atoms in total. The first-order chi connectivity index (χ1) is 9.54. The SMILES string of the molecule is C=C(CCl)C(C(=O)OCC)N1C(=O)C2N=C(OC)SC21. The van der Waals surface area contributed by atoms with Crippen molar-refractivity contribution in [1.82, 2.24) is 4.90 Å². The quantitative estimate of drug-likeness (QED) is 0.327. The van der Waals surface area contributed by atoms with Gasteiger partial charge in [-0.2, -0.15) is 0 Å². The Kier molecular flexibility index (Phi) is 4.59. The van der Waals surface area contributed by atoms with E-state index in [1.807, 2.05) is 0 Å². The van der Waals surface area contributed by atoms with Crippen LogP contribution in [-0.4, -0.2) is 59.1 Å². The Morgan fingerprint density at radius 1 is 1.65 bits per heavy atom. The van der Waals surface area contributed by atoms with Crippen LogP contribution in [0.5, 0.6) is 0 Å². The van der Waals surface area contributed by atoms with Crippen LogP contribution in [0, 0.1) is 0 Å². The Morgan fingerprint density at radius 2 is 2.35 bits per heavy atom. The van der Waals surface area contributed by atoms with E-state index in [0.717, 1.165) is 0 Å². The summed E-state index contributed by atoms with van der Waals surface area (Å²) in [6.07, 6.45) is 0. The number of amides is 1. The first kappa shape index (κ1) is 15.2. The van der Waals surface area contributed by atoms with Crippen LogP contribution in [0.25, 0.3) is 0 Å². The highest BCUT2D eigenvalue weighted by molar-refractivity contribution is 8.14. The van der Waals surface area contributed by atoms with E-state index in [4.69, 9.17) is 21.1 Å². The number of alkyl halides is 1. The van der Waals surface area contributed by atoms with E-state index < -0.39 is 18.1 Å². The van der Waals surface area contributed by atoms with Crippen LogP contribution >= 0.6 is 23.4 Å². The third-order valence-corrected chi connectivity index (χ3v) is 4.58. The zero-order chi connectivity index (χ0) is 14.9. The van der Waals surface area contributed by atoms with Gasteiger partial charge in [-0.25, -0.2) is 9.79 Å². The summed E-state index contributed by atoms with van der Waals surface area (Å²) in [5.41, 5.74) is 0.434. The average molecular weight is 319 g/mol. The largest absolute Gasteiger partial charge is 0.476 e. The number of methoxy groups -OCH3 is 1. The topological polar surface area (TPSA) is 68.2 Å². The number of fused-ring (bicyclic) bond motifs is 1. The smallest absolute Gasteiger partial charge is 0.333 e. The minimum Gasteiger partial charge on any atom is -0.476 e. The molecule has 0 aromatic heterocycles. The van der Waals surface area contributed by atoms with E-state index in [0.29, 0.717) is 10.8 Å². The zero-order valence-corrected chi connectivity index (χ0v) is 12.7. The Hall–Kier alpha value is -1.21. The lowest BCUT2D eigenvalue weighted by Crippen LogP contribution is -2.66. The van der Waals surface area contributed by atoms with Gasteiger partial charge in [0.05, 0.1) is 13.7 Å². The van der Waals surface area contributed by atoms with Crippen molar-refractivity contribution in [3.63, 3.8) is 0 Å². The third-order valence-electron chi connectivity index (χ3n) is 3.04. The monoisotopic (exact) mass is 318 g/mol. The fraction of sp³-hybridized carbons (Fsp3) is 0.583. The molecule has 1 amide bonds. The second-order valence-electron chi connectivity index (χ2n) is 4.24. The van der Waals surface area contributed by atoms with Gasteiger partial charge in [0.2, 0.25) is 5.23 Å². The highest BCUT2D eigenvalue weighted by atomic mass is 35.5. The number of halogens is 1. The molecule has 2 aliphatic heterocycles. The van der Waals surface area contributed by atoms with Gasteiger partial charge in [0, 0.05) is 5.88 Å². The maximum absolute atomic E-state index is 12.1. The molecule has 0 radical (unpaired) electrons. The molecule has 0 aromatic rings. The molecule has 2 aliphatic rings. The average Bonchev–Trinajstić information content (AvgIpc) is 2.83. The number of β-lactam (4-membered cyclic amide) rings is 1. The first-order valence-corrected chi connectivity index (χ1v) is 7.47. The maximum Gasteiger partial charge on any atom is 0.333 e. The van der Waals surface area contributed by atoms with Crippen LogP contribution in [0.1, 0.15) is 6.92 Å². The highest BCUT2D eigenvalue weighted by Crippen LogP contribution is 2.41. The number of ether oxygens (including phenoxy) is 2. The van der Waals surface area contributed by atoms with Gasteiger partial charge >= 0.3 is 5.97 Å². The lowest BCUT2D eigenvalue weighted by molar-refractivity contribution is -0.160. The van der Waals surface area contributed by atoms with Gasteiger partial charge in [0.15, 0.2) is 12.1 Å². The van der Waals surface area contributed by atoms with E-state index in [1.54, 1.807) is 6.92 Å². The predicted octanol–water partition coefficient (Wildman–Crippen LogP) is 0.999. The molecule has 0 bridgehead atoms. The van der Waals surface area contributed by atoms with Crippen molar-refractivity contribution in [1.29, 1.82) is 0 Å². The fourth-order valence-corrected chi connectivity index (χ4v) is 3.37. The van der Waals surface area contributed by atoms with Gasteiger partial charge in [-0.3, -0.25) is 4.79 Å². The van der Waals surface area contributed by atoms with E-state index in [2.05, 4.69) is 11.6 Å². The number of thioether (sulfide) groups is 1. The Bertz CT molecular complexity index is 482. The number of hydrogen-bond donors (Lipinski definition) is 0. The number of rotatable bonds is 5. The summed E-state index contributed by atoms with van der Waals surface area (Å²) in [6.45, 7) is 5.70. The van der Waals surface area contributed by atoms with Crippen LogP contribution in [0.2, 0.25) is 0 Å². The normalized spacial score (nSPS) is 25.4. The van der Waals surface area contributed by atoms with E-state index >= 15 is 0 Å². The van der Waals surface area contributed by atoms with Crippen molar-refractivity contribution in [2.75, 3.05) is 19.6 Å². The van der Waals surface area contributed by atoms with Gasteiger partial charge in [-0.15, -0.1) is 11.6 Å². The molecular weight excluding hydrogens is 304 g/mol. The number of likely N-dealkylation sites (tertiary alicyclic amines) is 1. The summed E-state index contributed by atoms with van der Waals surface area (Å²) in [5, 5.41) is 0.182. The van der Waals surface area contributed by atoms with Crippen LogP contribution in [0.3, 0.4) is 0 Å². The van der Waals surface area contributed by atoms with Crippen LogP contribution in [0.15, 0.2) is 17.1 Å². The molecule has 2 rings (SSSR count). The Labute approximate surface area is 126 Å². The molecule has 0 N–H and O–H groups in total. The van der Waals surface area contributed by atoms with Gasteiger partial charge in [0.25, 0.3) is 5.91 Å². The molecule has 20 heavy (non-hydrogen) atoms. The van der Waals surface area contributed by atoms with Crippen molar-refractivity contribution < 1.29 is 19.1 Å². The molecule has 0 aliphatic carbocycles. The molecule has 0 aromatic carbocycles. The summed E-state index contributed by atoms with van der Waals surface area (Å²) in [5.74, 6) is -0.678. The molecule has 3 atom stereocenters. The lowest BCUT2D eigenvalue weighted by Gasteiger charge is -2.44. The standard InChI is InChI=1S/C12H15ClN2O4S/c1-4-19-11(17)8(6(2)5-13)15-9(16)7-10(15)20-12(14-7)18-3/h7-8,10H,2,4-5H2,1,3H3. The Morgan fingerprint density at radius 3 is 2.90 bits per heavy atom. The third kappa shape index (κ3) is 2.40. The number of nitrogens with zero attached hydrogens (tertiary/aromatic N) is 2. The predicted molar refractivity (Wildman–Crippen MR) is 76.7 cm³/mol. The van der Waals surface area contributed by atoms with Crippen molar-refractivity contribution in [2.45, 2.75) is 24.4 Å². The van der Waals surface area contributed by atoms with E-state index in [9.17, 15) is 9.59 Å². The highest BCUT2D eigenvalue weighted by Gasteiger charge is 2.57. The zero-order valence-electron chi connectivity index (χ0n) is 11.2. The van der Waals surface area contributed by atoms with Crippen LogP contribution < -0.4 is 0 Å². The molecule has 1 fully saturated rings. The van der Waals surface area contributed by atoms with Gasteiger partial charge < -0.3 is 14.4 Å². The van der Waals surface area contributed by atoms with Gasteiger partial charge in [-0.1, -0.05) is 6.58 Å². The summed E-state index contributed by atoms with van der Waals surface area (Å²) in [7, 11) is 1.49. The summed E-state index contributed by atoms with van der Waals surface area (Å²) in [4.78, 5) is 29.7. The van der Waals surface area contributed by atoms with E-state index in [1.165, 1.54) is 23.8 Å². The second kappa shape index (κ2) is 6.05. The maximum atomic E-state index is 12.1. The number of aliphatic imine (C=N–C) groups is 1. The molecular formula is C12H15ClN2O4S. The summed E-state index contributed by atoms with van der Waals surface area (Å²) >= 11 is 7.06. The number of hydrogen-bond acceptors (Lipinski definition) is 6. The molecule has 3 unspecified atom stereocenters. The molecule has 2 heterocycles. The van der Waals surface area contributed by atoms with Gasteiger partial charge in [-0.05, 0) is 24.3 Å². The number of esters is 1. The summed E-state index contributed by atoms with van der Waals surface area (Å²) < 4.78 is 10.0. The van der Waals surface area contributed by atoms with Crippen molar-refractivity contribution in [2.24, 2.45) is 4.99 Å². The fourth-order valence-electron chi connectivity index (χ4n) is 2.10.